The van der Waals surface area contributed by atoms with Gasteiger partial charge in [0.05, 0.1) is 19.8 Å². The van der Waals surface area contributed by atoms with Gasteiger partial charge >= 0.3 is 5.97 Å². The molecule has 0 aliphatic heterocycles. The van der Waals surface area contributed by atoms with Crippen LogP contribution < -0.4 is 9.47 Å². The summed E-state index contributed by atoms with van der Waals surface area (Å²) in [6.45, 7) is 0. The Hall–Kier alpha value is -2.09. The third kappa shape index (κ3) is 2.34. The van der Waals surface area contributed by atoms with Gasteiger partial charge < -0.3 is 19.1 Å². The third-order valence-electron chi connectivity index (χ3n) is 2.54. The summed E-state index contributed by atoms with van der Waals surface area (Å²) in [5, 5.41) is 12.4. The van der Waals surface area contributed by atoms with Crippen molar-refractivity contribution in [2.45, 2.75) is 0 Å². The van der Waals surface area contributed by atoms with E-state index in [1.165, 1.54) is 20.3 Å². The van der Waals surface area contributed by atoms with Gasteiger partial charge in [0.25, 0.3) is 0 Å². The van der Waals surface area contributed by atoms with Gasteiger partial charge in [0.1, 0.15) is 15.9 Å². The summed E-state index contributed by atoms with van der Waals surface area (Å²) in [6, 6.07) is 2.31. The maximum atomic E-state index is 13.9. The van der Waals surface area contributed by atoms with Gasteiger partial charge in [-0.3, -0.25) is 0 Å². The molecule has 1 N–H and O–H groups in total. The molecule has 0 aliphatic carbocycles. The van der Waals surface area contributed by atoms with Gasteiger partial charge in [0, 0.05) is 6.07 Å². The molecule has 0 saturated carbocycles. The smallest absolute Gasteiger partial charge is 0.374 e. The van der Waals surface area contributed by atoms with Crippen molar-refractivity contribution in [2.75, 3.05) is 14.2 Å². The van der Waals surface area contributed by atoms with Gasteiger partial charge in [-0.05, 0) is 22.0 Å². The highest BCUT2D eigenvalue weighted by molar-refractivity contribution is 9.10. The highest BCUT2D eigenvalue weighted by Gasteiger charge is 2.22. The normalized spacial score (nSPS) is 10.4. The van der Waals surface area contributed by atoms with Crippen LogP contribution in [0.3, 0.4) is 0 Å². The van der Waals surface area contributed by atoms with E-state index >= 15 is 0 Å². The van der Waals surface area contributed by atoms with Crippen LogP contribution in [-0.2, 0) is 0 Å². The second-order valence-electron chi connectivity index (χ2n) is 3.67. The van der Waals surface area contributed by atoms with Crippen LogP contribution >= 0.6 is 15.9 Å². The molecule has 0 atom stereocenters. The molecule has 0 bridgehead atoms. The van der Waals surface area contributed by atoms with E-state index in [1.54, 1.807) is 0 Å². The summed E-state index contributed by atoms with van der Waals surface area (Å²) in [7, 11) is 2.71. The first-order valence-corrected chi connectivity index (χ1v) is 6.09. The quantitative estimate of drug-likeness (QED) is 0.917. The molecule has 106 valence electrons. The van der Waals surface area contributed by atoms with Crippen LogP contribution in [0.1, 0.15) is 10.6 Å². The zero-order valence-corrected chi connectivity index (χ0v) is 12.0. The molecule has 2 aromatic rings. The van der Waals surface area contributed by atoms with Crippen LogP contribution in [0.2, 0.25) is 0 Å². The number of carbonyl (C=O) groups is 1. The SMILES string of the molecule is COc1c(F)cc(-c2cc(C(=O)O)on2)c(OC)c1Br. The lowest BCUT2D eigenvalue weighted by molar-refractivity contribution is 0.0652. The number of hydrogen-bond donors (Lipinski definition) is 1. The Morgan fingerprint density at radius 2 is 2.00 bits per heavy atom. The van der Waals surface area contributed by atoms with Crippen molar-refractivity contribution >= 4 is 21.9 Å². The fraction of sp³-hybridized carbons (Fsp3) is 0.167. The Bertz CT molecular complexity index is 670. The van der Waals surface area contributed by atoms with E-state index in [2.05, 4.69) is 25.6 Å². The van der Waals surface area contributed by atoms with Crippen molar-refractivity contribution in [1.82, 2.24) is 5.16 Å². The predicted octanol–water partition coefficient (Wildman–Crippen LogP) is 2.96. The van der Waals surface area contributed by atoms with Gasteiger partial charge in [-0.2, -0.15) is 0 Å². The number of rotatable bonds is 4. The number of aromatic carboxylic acids is 1. The van der Waals surface area contributed by atoms with Crippen molar-refractivity contribution in [2.24, 2.45) is 0 Å². The van der Waals surface area contributed by atoms with Crippen LogP contribution in [0.25, 0.3) is 11.3 Å². The van der Waals surface area contributed by atoms with Gasteiger partial charge in [0.15, 0.2) is 11.6 Å². The lowest BCUT2D eigenvalue weighted by Gasteiger charge is -2.12. The monoisotopic (exact) mass is 345 g/mol. The minimum Gasteiger partial charge on any atom is -0.495 e. The molecule has 1 aromatic heterocycles. The number of carboxylic acids is 1. The fourth-order valence-electron chi connectivity index (χ4n) is 1.66. The average molecular weight is 346 g/mol. The van der Waals surface area contributed by atoms with Crippen molar-refractivity contribution < 1.29 is 28.3 Å². The Labute approximate surface area is 121 Å². The molecule has 1 aromatic carbocycles. The fourth-order valence-corrected chi connectivity index (χ4v) is 2.39. The molecule has 0 saturated heterocycles. The van der Waals surface area contributed by atoms with Crippen LogP contribution in [0.4, 0.5) is 4.39 Å². The molecule has 0 fully saturated rings. The highest BCUT2D eigenvalue weighted by Crippen LogP contribution is 2.43. The first-order chi connectivity index (χ1) is 9.49. The molecule has 6 nitrogen and oxygen atoms in total. The first-order valence-electron chi connectivity index (χ1n) is 5.30. The minimum atomic E-state index is -1.27. The van der Waals surface area contributed by atoms with E-state index in [0.717, 1.165) is 6.07 Å². The molecule has 20 heavy (non-hydrogen) atoms. The summed E-state index contributed by atoms with van der Waals surface area (Å²) >= 11 is 3.17. The van der Waals surface area contributed by atoms with E-state index < -0.39 is 11.8 Å². The van der Waals surface area contributed by atoms with Crippen LogP contribution in [0, 0.1) is 5.82 Å². The number of halogens is 2. The van der Waals surface area contributed by atoms with E-state index in [0.29, 0.717) is 0 Å². The number of benzene rings is 1. The van der Waals surface area contributed by atoms with E-state index in [4.69, 9.17) is 14.6 Å². The molecule has 2 rings (SSSR count). The van der Waals surface area contributed by atoms with E-state index in [9.17, 15) is 9.18 Å². The van der Waals surface area contributed by atoms with Crippen molar-refractivity contribution in [3.63, 3.8) is 0 Å². The lowest BCUT2D eigenvalue weighted by atomic mass is 10.1. The first kappa shape index (κ1) is 14.3. The molecular formula is C12H9BrFNO5. The Kier molecular flexibility index (Phi) is 3.93. The summed E-state index contributed by atoms with van der Waals surface area (Å²) in [5.41, 5.74) is 0.385. The highest BCUT2D eigenvalue weighted by atomic mass is 79.9. The summed E-state index contributed by atoms with van der Waals surface area (Å²) < 4.78 is 28.9. The van der Waals surface area contributed by atoms with E-state index in [-0.39, 0.29) is 33.0 Å². The maximum absolute atomic E-state index is 13.9. The van der Waals surface area contributed by atoms with E-state index in [1.807, 2.05) is 0 Å². The van der Waals surface area contributed by atoms with Gasteiger partial charge in [-0.15, -0.1) is 0 Å². The second kappa shape index (κ2) is 5.49. The predicted molar refractivity (Wildman–Crippen MR) is 69.7 cm³/mol. The average Bonchev–Trinajstić information content (AvgIpc) is 2.88. The van der Waals surface area contributed by atoms with Crippen molar-refractivity contribution in [3.05, 3.63) is 28.2 Å². The zero-order chi connectivity index (χ0) is 14.9. The van der Waals surface area contributed by atoms with Crippen molar-refractivity contribution in [1.29, 1.82) is 0 Å². The molecule has 1 heterocycles. The second-order valence-corrected chi connectivity index (χ2v) is 4.46. The topological polar surface area (TPSA) is 81.8 Å². The largest absolute Gasteiger partial charge is 0.495 e. The Morgan fingerprint density at radius 3 is 2.50 bits per heavy atom. The Balaban J connectivity index is 2.63. The van der Waals surface area contributed by atoms with Crippen LogP contribution in [-0.4, -0.2) is 30.5 Å². The molecule has 0 unspecified atom stereocenters. The molecule has 0 amide bonds. The standard InChI is InChI=1S/C12H9BrFNO5/c1-18-10-5(3-6(14)11(19-2)9(10)13)7-4-8(12(16)17)20-15-7/h3-4H,1-2H3,(H,16,17). The molecule has 8 heteroatoms. The number of ether oxygens (including phenoxy) is 2. The molecule has 0 spiro atoms. The summed E-state index contributed by atoms with van der Waals surface area (Å²) in [4.78, 5) is 10.8. The number of methoxy groups -OCH3 is 2. The maximum Gasteiger partial charge on any atom is 0.374 e. The van der Waals surface area contributed by atoms with Crippen LogP contribution in [0.15, 0.2) is 21.1 Å². The number of carboxylic acid groups (broad SMARTS) is 1. The summed E-state index contributed by atoms with van der Waals surface area (Å²) in [6.07, 6.45) is 0. The molecule has 0 aliphatic rings. The lowest BCUT2D eigenvalue weighted by Crippen LogP contribution is -1.96. The molecular weight excluding hydrogens is 337 g/mol. The van der Waals surface area contributed by atoms with Crippen molar-refractivity contribution in [3.8, 4) is 22.8 Å². The van der Waals surface area contributed by atoms with Gasteiger partial charge in [-0.1, -0.05) is 5.16 Å². The third-order valence-corrected chi connectivity index (χ3v) is 3.26. The number of nitrogens with zero attached hydrogens (tertiary/aromatic N) is 1. The minimum absolute atomic E-state index is 0.0208. The van der Waals surface area contributed by atoms with Gasteiger partial charge in [-0.25, -0.2) is 9.18 Å². The molecule has 0 radical (unpaired) electrons. The number of aromatic nitrogens is 1. The Morgan fingerprint density at radius 1 is 1.35 bits per heavy atom. The summed E-state index contributed by atoms with van der Waals surface area (Å²) in [5.74, 6) is -2.03. The van der Waals surface area contributed by atoms with Crippen LogP contribution in [0.5, 0.6) is 11.5 Å². The number of hydrogen-bond acceptors (Lipinski definition) is 5. The van der Waals surface area contributed by atoms with Gasteiger partial charge in [0.2, 0.25) is 5.76 Å². The zero-order valence-electron chi connectivity index (χ0n) is 10.4.